The van der Waals surface area contributed by atoms with Crippen molar-refractivity contribution < 1.29 is 38.3 Å². The highest BCUT2D eigenvalue weighted by Crippen LogP contribution is 2.24. The normalized spacial score (nSPS) is 15.1. The number of aliphatic hydroxyl groups is 1. The van der Waals surface area contributed by atoms with Crippen LogP contribution in [0.3, 0.4) is 0 Å². The van der Waals surface area contributed by atoms with E-state index in [9.17, 15) is 9.90 Å². The van der Waals surface area contributed by atoms with Crippen LogP contribution in [-0.4, -0.2) is 63.1 Å². The second-order valence-corrected chi connectivity index (χ2v) is 9.85. The quantitative estimate of drug-likeness (QED) is 0.120. The predicted molar refractivity (Wildman–Crippen MR) is 159 cm³/mol. The molecule has 5 atom stereocenters. The molecule has 0 spiro atoms. The maximum Gasteiger partial charge on any atom is 0.330 e. The molecule has 0 aliphatic heterocycles. The lowest BCUT2D eigenvalue weighted by atomic mass is 9.95. The van der Waals surface area contributed by atoms with E-state index >= 15 is 0 Å². The Bertz CT molecular complexity index is 1160. The van der Waals surface area contributed by atoms with Crippen molar-refractivity contribution in [3.05, 3.63) is 120 Å². The van der Waals surface area contributed by atoms with Gasteiger partial charge in [-0.15, -0.1) is 0 Å². The SMILES string of the molecule is COC(=O)/C=C/COC(OC)C(O)C(OCc1ccccc1)C(OCc1ccccc1)C(C)COCc1ccccc1. The summed E-state index contributed by atoms with van der Waals surface area (Å²) >= 11 is 0. The number of ether oxygens (including phenoxy) is 6. The number of carbonyl (C=O) groups is 1. The minimum absolute atomic E-state index is 0.0152. The van der Waals surface area contributed by atoms with Crippen LogP contribution < -0.4 is 0 Å². The van der Waals surface area contributed by atoms with Gasteiger partial charge in [0, 0.05) is 19.1 Å². The van der Waals surface area contributed by atoms with Crippen LogP contribution in [0.1, 0.15) is 23.6 Å². The smallest absolute Gasteiger partial charge is 0.330 e. The second-order valence-electron chi connectivity index (χ2n) is 9.85. The van der Waals surface area contributed by atoms with Crippen molar-refractivity contribution >= 4 is 5.97 Å². The molecule has 0 saturated heterocycles. The summed E-state index contributed by atoms with van der Waals surface area (Å²) in [6.07, 6.45) is -0.991. The fourth-order valence-electron chi connectivity index (χ4n) is 4.36. The predicted octanol–water partition coefficient (Wildman–Crippen LogP) is 5.09. The molecule has 8 nitrogen and oxygen atoms in total. The largest absolute Gasteiger partial charge is 0.466 e. The minimum Gasteiger partial charge on any atom is -0.466 e. The Morgan fingerprint density at radius 3 is 1.74 bits per heavy atom. The van der Waals surface area contributed by atoms with Crippen LogP contribution in [0.25, 0.3) is 0 Å². The van der Waals surface area contributed by atoms with Gasteiger partial charge in [-0.1, -0.05) is 104 Å². The first-order chi connectivity index (χ1) is 20.5. The molecule has 8 heteroatoms. The van der Waals surface area contributed by atoms with Crippen molar-refractivity contribution in [2.24, 2.45) is 5.92 Å². The summed E-state index contributed by atoms with van der Waals surface area (Å²) in [5.41, 5.74) is 3.00. The van der Waals surface area contributed by atoms with Crippen molar-refractivity contribution in [1.82, 2.24) is 0 Å². The van der Waals surface area contributed by atoms with Gasteiger partial charge in [-0.25, -0.2) is 4.79 Å². The topological polar surface area (TPSA) is 92.7 Å². The van der Waals surface area contributed by atoms with Crippen LogP contribution in [0.4, 0.5) is 0 Å². The Kier molecular flexibility index (Phi) is 14.9. The van der Waals surface area contributed by atoms with Gasteiger partial charge >= 0.3 is 5.97 Å². The van der Waals surface area contributed by atoms with Gasteiger partial charge in [-0.05, 0) is 16.7 Å². The summed E-state index contributed by atoms with van der Waals surface area (Å²) in [6.45, 7) is 3.39. The molecule has 3 rings (SSSR count). The van der Waals surface area contributed by atoms with Crippen molar-refractivity contribution in [1.29, 1.82) is 0 Å². The zero-order valence-electron chi connectivity index (χ0n) is 24.5. The lowest BCUT2D eigenvalue weighted by Crippen LogP contribution is -2.51. The van der Waals surface area contributed by atoms with Gasteiger partial charge in [0.1, 0.15) is 12.2 Å². The van der Waals surface area contributed by atoms with E-state index in [0.717, 1.165) is 16.7 Å². The highest BCUT2D eigenvalue weighted by atomic mass is 16.7. The highest BCUT2D eigenvalue weighted by molar-refractivity contribution is 5.81. The minimum atomic E-state index is -1.23. The first kappa shape index (κ1) is 33.1. The Morgan fingerprint density at radius 1 is 0.738 bits per heavy atom. The standard InChI is InChI=1S/C34H42O8/c1-26(22-39-23-27-14-7-4-8-15-27)32(41-24-28-16-9-5-10-17-28)33(42-25-29-18-11-6-12-19-29)31(36)34(38-3)40-21-13-20-30(35)37-2/h4-20,26,31-34,36H,21-25H2,1-3H3/b20-13+. The first-order valence-corrected chi connectivity index (χ1v) is 14.0. The summed E-state index contributed by atoms with van der Waals surface area (Å²) in [5.74, 6) is -0.680. The Hall–Kier alpha value is -3.37. The third-order valence-corrected chi connectivity index (χ3v) is 6.61. The number of hydrogen-bond donors (Lipinski definition) is 1. The molecule has 1 N–H and O–H groups in total. The fourth-order valence-corrected chi connectivity index (χ4v) is 4.36. The number of aliphatic hydroxyl groups excluding tert-OH is 1. The molecule has 0 aliphatic rings. The molecule has 0 fully saturated rings. The van der Waals surface area contributed by atoms with E-state index in [0.29, 0.717) is 19.8 Å². The molecule has 0 amide bonds. The summed E-state index contributed by atoms with van der Waals surface area (Å²) in [5, 5.41) is 11.6. The van der Waals surface area contributed by atoms with E-state index in [1.807, 2.05) is 97.9 Å². The zero-order chi connectivity index (χ0) is 30.0. The molecular formula is C34H42O8. The zero-order valence-corrected chi connectivity index (χ0v) is 24.5. The van der Waals surface area contributed by atoms with Gasteiger partial charge in [0.2, 0.25) is 0 Å². The molecule has 42 heavy (non-hydrogen) atoms. The number of hydrogen-bond acceptors (Lipinski definition) is 8. The van der Waals surface area contributed by atoms with Crippen LogP contribution in [0, 0.1) is 5.92 Å². The van der Waals surface area contributed by atoms with Crippen LogP contribution in [-0.2, 0) is 53.0 Å². The number of carbonyl (C=O) groups excluding carboxylic acids is 1. The average molecular weight is 579 g/mol. The molecule has 0 saturated carbocycles. The van der Waals surface area contributed by atoms with E-state index in [2.05, 4.69) is 4.74 Å². The van der Waals surface area contributed by atoms with Gasteiger partial charge < -0.3 is 33.5 Å². The molecule has 0 aliphatic carbocycles. The van der Waals surface area contributed by atoms with Gasteiger partial charge in [-0.3, -0.25) is 0 Å². The van der Waals surface area contributed by atoms with Crippen LogP contribution in [0.2, 0.25) is 0 Å². The van der Waals surface area contributed by atoms with Crippen molar-refractivity contribution in [3.8, 4) is 0 Å². The van der Waals surface area contributed by atoms with Gasteiger partial charge in [0.15, 0.2) is 6.29 Å². The Balaban J connectivity index is 1.81. The third-order valence-electron chi connectivity index (χ3n) is 6.61. The monoisotopic (exact) mass is 578 g/mol. The number of esters is 1. The summed E-state index contributed by atoms with van der Waals surface area (Å²) in [6, 6.07) is 29.5. The molecular weight excluding hydrogens is 536 g/mol. The molecule has 3 aromatic rings. The lowest BCUT2D eigenvalue weighted by molar-refractivity contribution is -0.234. The molecule has 0 radical (unpaired) electrons. The molecule has 0 bridgehead atoms. The van der Waals surface area contributed by atoms with E-state index in [1.54, 1.807) is 0 Å². The van der Waals surface area contributed by atoms with Crippen molar-refractivity contribution in [2.45, 2.75) is 51.3 Å². The molecule has 3 aromatic carbocycles. The molecule has 0 aromatic heterocycles. The van der Waals surface area contributed by atoms with Crippen LogP contribution in [0.15, 0.2) is 103 Å². The average Bonchev–Trinajstić information content (AvgIpc) is 3.03. The van der Waals surface area contributed by atoms with Crippen molar-refractivity contribution in [3.63, 3.8) is 0 Å². The van der Waals surface area contributed by atoms with Crippen LogP contribution >= 0.6 is 0 Å². The molecule has 226 valence electrons. The summed E-state index contributed by atoms with van der Waals surface area (Å²) in [4.78, 5) is 11.4. The molecule has 5 unspecified atom stereocenters. The van der Waals surface area contributed by atoms with E-state index in [1.165, 1.54) is 26.4 Å². The fraction of sp³-hybridized carbons (Fsp3) is 0.382. The van der Waals surface area contributed by atoms with Gasteiger partial charge in [0.25, 0.3) is 0 Å². The maximum absolute atomic E-state index is 11.6. The third kappa shape index (κ3) is 11.5. The lowest BCUT2D eigenvalue weighted by Gasteiger charge is -2.37. The maximum atomic E-state index is 11.6. The van der Waals surface area contributed by atoms with E-state index in [4.69, 9.17) is 23.7 Å². The number of rotatable bonds is 19. The molecule has 0 heterocycles. The highest BCUT2D eigenvalue weighted by Gasteiger charge is 2.39. The Labute approximate surface area is 248 Å². The Morgan fingerprint density at radius 2 is 1.24 bits per heavy atom. The summed E-state index contributed by atoms with van der Waals surface area (Å²) in [7, 11) is 2.74. The van der Waals surface area contributed by atoms with Crippen molar-refractivity contribution in [2.75, 3.05) is 27.4 Å². The number of benzene rings is 3. The number of methoxy groups -OCH3 is 2. The first-order valence-electron chi connectivity index (χ1n) is 14.0. The van der Waals surface area contributed by atoms with E-state index in [-0.39, 0.29) is 19.1 Å². The van der Waals surface area contributed by atoms with Crippen LogP contribution in [0.5, 0.6) is 0 Å². The van der Waals surface area contributed by atoms with Gasteiger partial charge in [0.05, 0.1) is 46.2 Å². The van der Waals surface area contributed by atoms with Gasteiger partial charge in [-0.2, -0.15) is 0 Å². The second kappa shape index (κ2) is 18.9. The summed E-state index contributed by atoms with van der Waals surface area (Å²) < 4.78 is 34.9. The van der Waals surface area contributed by atoms with E-state index < -0.39 is 30.6 Å².